The summed E-state index contributed by atoms with van der Waals surface area (Å²) >= 11 is 0. The number of hydrogen-bond acceptors (Lipinski definition) is 5. The van der Waals surface area contributed by atoms with Crippen LogP contribution in [0.25, 0.3) is 10.9 Å². The number of nitrogens with zero attached hydrogens (tertiary/aromatic N) is 5. The molecule has 0 unspecified atom stereocenters. The van der Waals surface area contributed by atoms with E-state index in [0.717, 1.165) is 49.1 Å². The van der Waals surface area contributed by atoms with Gasteiger partial charge >= 0.3 is 0 Å². The summed E-state index contributed by atoms with van der Waals surface area (Å²) < 4.78 is 2.00. The van der Waals surface area contributed by atoms with E-state index < -0.39 is 0 Å². The van der Waals surface area contributed by atoms with Crippen LogP contribution in [0.5, 0.6) is 0 Å². The molecule has 34 heavy (non-hydrogen) atoms. The minimum absolute atomic E-state index is 0.0689. The first-order valence-electron chi connectivity index (χ1n) is 12.3. The summed E-state index contributed by atoms with van der Waals surface area (Å²) in [5, 5.41) is 14.1. The third kappa shape index (κ3) is 3.64. The van der Waals surface area contributed by atoms with E-state index in [-0.39, 0.29) is 11.6 Å². The van der Waals surface area contributed by atoms with Gasteiger partial charge in [0.1, 0.15) is 6.04 Å². The number of pyridine rings is 1. The third-order valence-electron chi connectivity index (χ3n) is 7.74. The van der Waals surface area contributed by atoms with Crippen LogP contribution >= 0.6 is 0 Å². The van der Waals surface area contributed by atoms with E-state index in [0.29, 0.717) is 11.6 Å². The molecule has 0 bridgehead atoms. The number of rotatable bonds is 4. The molecule has 1 saturated carbocycles. The Kier molecular flexibility index (Phi) is 5.29. The highest BCUT2D eigenvalue weighted by atomic mass is 16.1. The molecule has 1 fully saturated rings. The lowest BCUT2D eigenvalue weighted by molar-refractivity contribution is 0.190. The summed E-state index contributed by atoms with van der Waals surface area (Å²) in [6.07, 6.45) is 5.50. The van der Waals surface area contributed by atoms with Crippen LogP contribution in [-0.4, -0.2) is 36.6 Å². The lowest BCUT2D eigenvalue weighted by atomic mass is 9.95. The molecule has 2 aromatic carbocycles. The van der Waals surface area contributed by atoms with Crippen molar-refractivity contribution in [3.05, 3.63) is 86.5 Å². The first kappa shape index (κ1) is 21.2. The predicted octanol–water partition coefficient (Wildman–Crippen LogP) is 4.39. The van der Waals surface area contributed by atoms with Crippen LogP contribution in [0.15, 0.2) is 47.3 Å². The molecule has 4 aromatic rings. The molecule has 0 saturated heterocycles. The lowest BCUT2D eigenvalue weighted by Crippen LogP contribution is -2.39. The number of nitrogens with one attached hydrogen (secondary N) is 1. The molecule has 1 aliphatic carbocycles. The molecular weight excluding hydrogens is 424 g/mol. The SMILES string of the molecule is Cc1cc2cc([C@H](c3nnnn3C3CCCC3)N3CCc4ccccc4C3)c(=O)[nH]c2cc1C. The molecule has 1 aliphatic heterocycles. The van der Waals surface area contributed by atoms with Crippen molar-refractivity contribution in [3.8, 4) is 0 Å². The summed E-state index contributed by atoms with van der Waals surface area (Å²) in [6, 6.07) is 14.9. The van der Waals surface area contributed by atoms with Crippen molar-refractivity contribution in [2.24, 2.45) is 0 Å². The quantitative estimate of drug-likeness (QED) is 0.495. The van der Waals surface area contributed by atoms with Gasteiger partial charge in [-0.1, -0.05) is 37.1 Å². The molecule has 1 N–H and O–H groups in total. The van der Waals surface area contributed by atoms with Gasteiger partial charge in [-0.15, -0.1) is 5.10 Å². The highest BCUT2D eigenvalue weighted by Crippen LogP contribution is 2.36. The molecule has 3 heterocycles. The minimum atomic E-state index is -0.307. The van der Waals surface area contributed by atoms with Gasteiger partial charge in [-0.3, -0.25) is 9.69 Å². The van der Waals surface area contributed by atoms with Crippen molar-refractivity contribution in [2.75, 3.05) is 6.54 Å². The summed E-state index contributed by atoms with van der Waals surface area (Å²) in [5.74, 6) is 0.778. The first-order chi connectivity index (χ1) is 16.6. The molecule has 2 aromatic heterocycles. The van der Waals surface area contributed by atoms with Crippen molar-refractivity contribution in [2.45, 2.75) is 64.6 Å². The van der Waals surface area contributed by atoms with E-state index in [2.05, 4.69) is 81.7 Å². The van der Waals surface area contributed by atoms with Gasteiger partial charge in [0.15, 0.2) is 5.82 Å². The van der Waals surface area contributed by atoms with Crippen molar-refractivity contribution in [1.82, 2.24) is 30.1 Å². The minimum Gasteiger partial charge on any atom is -0.322 e. The fraction of sp³-hybridized carbons (Fsp3) is 0.407. The second kappa shape index (κ2) is 8.47. The van der Waals surface area contributed by atoms with Crippen molar-refractivity contribution >= 4 is 10.9 Å². The van der Waals surface area contributed by atoms with E-state index in [1.807, 2.05) is 4.68 Å². The average molecular weight is 455 g/mol. The zero-order valence-electron chi connectivity index (χ0n) is 19.8. The number of aromatic nitrogens is 5. The highest BCUT2D eigenvalue weighted by Gasteiger charge is 2.34. The van der Waals surface area contributed by atoms with Gasteiger partial charge in [0.2, 0.25) is 0 Å². The Morgan fingerprint density at radius 3 is 2.62 bits per heavy atom. The van der Waals surface area contributed by atoms with Crippen LogP contribution in [0.3, 0.4) is 0 Å². The Morgan fingerprint density at radius 1 is 1.03 bits per heavy atom. The van der Waals surface area contributed by atoms with Gasteiger partial charge in [0, 0.05) is 24.2 Å². The molecule has 1 atom stereocenters. The van der Waals surface area contributed by atoms with E-state index >= 15 is 0 Å². The summed E-state index contributed by atoms with van der Waals surface area (Å²) in [5.41, 5.74) is 6.59. The number of hydrogen-bond donors (Lipinski definition) is 1. The van der Waals surface area contributed by atoms with Gasteiger partial charge in [-0.05, 0) is 89.4 Å². The fourth-order valence-corrected chi connectivity index (χ4v) is 5.72. The molecule has 6 rings (SSSR count). The Hall–Kier alpha value is -3.32. The number of aromatic amines is 1. The average Bonchev–Trinajstić information content (AvgIpc) is 3.53. The largest absolute Gasteiger partial charge is 0.322 e. The highest BCUT2D eigenvalue weighted by molar-refractivity contribution is 5.81. The van der Waals surface area contributed by atoms with Gasteiger partial charge < -0.3 is 4.98 Å². The molecule has 0 radical (unpaired) electrons. The smallest absolute Gasteiger partial charge is 0.253 e. The number of tetrazole rings is 1. The van der Waals surface area contributed by atoms with Gasteiger partial charge in [0.25, 0.3) is 5.56 Å². The van der Waals surface area contributed by atoms with E-state index in [1.54, 1.807) is 0 Å². The number of H-pyrrole nitrogens is 1. The Bertz CT molecular complexity index is 1410. The van der Waals surface area contributed by atoms with Crippen LogP contribution in [-0.2, 0) is 13.0 Å². The number of benzene rings is 2. The monoisotopic (exact) mass is 454 g/mol. The zero-order valence-corrected chi connectivity index (χ0v) is 19.8. The van der Waals surface area contributed by atoms with Crippen LogP contribution in [0, 0.1) is 13.8 Å². The topological polar surface area (TPSA) is 79.7 Å². The first-order valence-corrected chi connectivity index (χ1v) is 12.3. The Morgan fingerprint density at radius 2 is 1.79 bits per heavy atom. The van der Waals surface area contributed by atoms with Crippen LogP contribution in [0.4, 0.5) is 0 Å². The van der Waals surface area contributed by atoms with Crippen LogP contribution in [0.2, 0.25) is 0 Å². The standard InChI is InChI=1S/C27H30N6O/c1-17-13-21-15-23(27(34)28-24(21)14-18(17)2)25(26-29-30-31-33(26)22-9-5-6-10-22)32-12-11-19-7-3-4-8-20(19)16-32/h3-4,7-8,13-15,22,25H,5-6,9-12,16H2,1-2H3,(H,28,34)/t25-/m1/s1. The maximum Gasteiger partial charge on any atom is 0.253 e. The maximum absolute atomic E-state index is 13.5. The summed E-state index contributed by atoms with van der Waals surface area (Å²) in [4.78, 5) is 19.1. The van der Waals surface area contributed by atoms with Gasteiger partial charge in [-0.25, -0.2) is 4.68 Å². The van der Waals surface area contributed by atoms with E-state index in [4.69, 9.17) is 0 Å². The Balaban J connectivity index is 1.51. The third-order valence-corrected chi connectivity index (χ3v) is 7.74. The second-order valence-electron chi connectivity index (χ2n) is 9.89. The Labute approximate surface area is 198 Å². The van der Waals surface area contributed by atoms with Crippen LogP contribution in [0.1, 0.15) is 71.4 Å². The number of fused-ring (bicyclic) bond motifs is 2. The second-order valence-corrected chi connectivity index (χ2v) is 9.89. The van der Waals surface area contributed by atoms with Crippen molar-refractivity contribution in [1.29, 1.82) is 0 Å². The lowest BCUT2D eigenvalue weighted by Gasteiger charge is -2.35. The normalized spacial score (nSPS) is 17.8. The molecule has 2 aliphatic rings. The zero-order chi connectivity index (χ0) is 23.2. The van der Waals surface area contributed by atoms with Crippen molar-refractivity contribution in [3.63, 3.8) is 0 Å². The molecule has 0 amide bonds. The van der Waals surface area contributed by atoms with Crippen LogP contribution < -0.4 is 5.56 Å². The fourth-order valence-electron chi connectivity index (χ4n) is 5.72. The van der Waals surface area contributed by atoms with Gasteiger partial charge in [0.05, 0.1) is 6.04 Å². The summed E-state index contributed by atoms with van der Waals surface area (Å²) in [6.45, 7) is 5.80. The number of aryl methyl sites for hydroxylation is 2. The maximum atomic E-state index is 13.5. The van der Waals surface area contributed by atoms with E-state index in [9.17, 15) is 4.79 Å². The molecule has 7 nitrogen and oxygen atoms in total. The summed E-state index contributed by atoms with van der Waals surface area (Å²) in [7, 11) is 0. The molecular formula is C27H30N6O. The van der Waals surface area contributed by atoms with Crippen molar-refractivity contribution < 1.29 is 0 Å². The van der Waals surface area contributed by atoms with Gasteiger partial charge in [-0.2, -0.15) is 0 Å². The molecule has 174 valence electrons. The molecule has 7 heteroatoms. The predicted molar refractivity (Wildman–Crippen MR) is 132 cm³/mol. The van der Waals surface area contributed by atoms with E-state index in [1.165, 1.54) is 35.1 Å². The molecule has 0 spiro atoms.